The van der Waals surface area contributed by atoms with Gasteiger partial charge in [0.25, 0.3) is 0 Å². The van der Waals surface area contributed by atoms with Gasteiger partial charge in [-0.3, -0.25) is 4.79 Å². The Bertz CT molecular complexity index is 224. The Balaban J connectivity index is 2.00. The molecule has 0 heterocycles. The van der Waals surface area contributed by atoms with Crippen molar-refractivity contribution in [1.29, 1.82) is 0 Å². The molecule has 1 rings (SSSR count). The minimum absolute atomic E-state index is 0.205. The first-order chi connectivity index (χ1) is 6.92. The lowest BCUT2D eigenvalue weighted by Crippen LogP contribution is -2.30. The molecule has 0 aromatic carbocycles. The average molecular weight is 212 g/mol. The van der Waals surface area contributed by atoms with Crippen LogP contribution in [0.2, 0.25) is 0 Å². The molecule has 1 aliphatic rings. The van der Waals surface area contributed by atoms with Crippen LogP contribution in [0.15, 0.2) is 0 Å². The largest absolute Gasteiger partial charge is 0.353 e. The maximum atomic E-state index is 11.5. The van der Waals surface area contributed by atoms with Gasteiger partial charge in [0.05, 0.1) is 0 Å². The summed E-state index contributed by atoms with van der Waals surface area (Å²) in [5, 5.41) is 6.37. The lowest BCUT2D eigenvalue weighted by molar-refractivity contribution is -0.121. The van der Waals surface area contributed by atoms with E-state index in [-0.39, 0.29) is 5.91 Å². The zero-order chi connectivity index (χ0) is 11.5. The molecule has 1 fully saturated rings. The number of hydrogen-bond acceptors (Lipinski definition) is 2. The molecule has 0 aromatic rings. The minimum atomic E-state index is 0.205. The van der Waals surface area contributed by atoms with Crippen LogP contribution in [-0.4, -0.2) is 24.5 Å². The number of amides is 1. The molecule has 1 atom stereocenters. The summed E-state index contributed by atoms with van der Waals surface area (Å²) in [4.78, 5) is 11.5. The van der Waals surface area contributed by atoms with Gasteiger partial charge in [-0.1, -0.05) is 27.7 Å². The van der Waals surface area contributed by atoms with Crippen molar-refractivity contribution < 1.29 is 4.79 Å². The number of carbonyl (C=O) groups is 1. The second-order valence-corrected chi connectivity index (χ2v) is 5.53. The molecule has 0 aromatic heterocycles. The summed E-state index contributed by atoms with van der Waals surface area (Å²) in [5.41, 5.74) is 0.339. The van der Waals surface area contributed by atoms with Gasteiger partial charge in [-0.2, -0.15) is 0 Å². The Hall–Kier alpha value is -0.570. The molecular weight excluding hydrogens is 188 g/mol. The van der Waals surface area contributed by atoms with Crippen LogP contribution in [-0.2, 0) is 4.79 Å². The topological polar surface area (TPSA) is 41.1 Å². The van der Waals surface area contributed by atoms with Crippen molar-refractivity contribution in [2.24, 2.45) is 5.41 Å². The van der Waals surface area contributed by atoms with E-state index in [4.69, 9.17) is 0 Å². The quantitative estimate of drug-likeness (QED) is 0.658. The molecule has 3 nitrogen and oxygen atoms in total. The Labute approximate surface area is 93.0 Å². The van der Waals surface area contributed by atoms with Crippen LogP contribution in [0.3, 0.4) is 0 Å². The van der Waals surface area contributed by atoms with Crippen LogP contribution in [0, 0.1) is 5.41 Å². The minimum Gasteiger partial charge on any atom is -0.353 e. The van der Waals surface area contributed by atoms with Gasteiger partial charge in [-0.15, -0.1) is 0 Å². The zero-order valence-corrected chi connectivity index (χ0v) is 10.4. The van der Waals surface area contributed by atoms with Crippen molar-refractivity contribution in [3.63, 3.8) is 0 Å². The van der Waals surface area contributed by atoms with E-state index in [1.165, 1.54) is 0 Å². The van der Waals surface area contributed by atoms with E-state index in [0.29, 0.717) is 23.9 Å². The number of carbonyl (C=O) groups excluding carboxylic acids is 1. The van der Waals surface area contributed by atoms with E-state index in [2.05, 4.69) is 38.3 Å². The third kappa shape index (κ3) is 4.65. The lowest BCUT2D eigenvalue weighted by atomic mass is 10.2. The summed E-state index contributed by atoms with van der Waals surface area (Å²) >= 11 is 0. The van der Waals surface area contributed by atoms with E-state index in [1.807, 2.05) is 0 Å². The van der Waals surface area contributed by atoms with Crippen molar-refractivity contribution in [2.75, 3.05) is 6.54 Å². The molecule has 0 bridgehead atoms. The van der Waals surface area contributed by atoms with Crippen LogP contribution in [0.5, 0.6) is 0 Å². The highest BCUT2D eigenvalue weighted by atomic mass is 16.1. The maximum absolute atomic E-state index is 11.5. The maximum Gasteiger partial charge on any atom is 0.220 e. The fraction of sp³-hybridized carbons (Fsp3) is 0.917. The first-order valence-corrected chi connectivity index (χ1v) is 5.94. The Morgan fingerprint density at radius 2 is 2.07 bits per heavy atom. The second-order valence-electron chi connectivity index (χ2n) is 5.53. The van der Waals surface area contributed by atoms with Crippen molar-refractivity contribution in [1.82, 2.24) is 10.6 Å². The normalized spacial score (nSPS) is 22.9. The second kappa shape index (κ2) is 4.97. The molecule has 0 aliphatic heterocycles. The first kappa shape index (κ1) is 12.5. The predicted molar refractivity (Wildman–Crippen MR) is 62.7 cm³/mol. The Kier molecular flexibility index (Phi) is 4.14. The third-order valence-corrected chi connectivity index (χ3v) is 2.98. The molecule has 15 heavy (non-hydrogen) atoms. The van der Waals surface area contributed by atoms with Gasteiger partial charge in [-0.05, 0) is 24.8 Å². The summed E-state index contributed by atoms with van der Waals surface area (Å²) in [6.07, 6.45) is 2.70. The molecule has 1 unspecified atom stereocenters. The summed E-state index contributed by atoms with van der Waals surface area (Å²) in [6.45, 7) is 9.55. The Morgan fingerprint density at radius 1 is 1.47 bits per heavy atom. The van der Waals surface area contributed by atoms with Gasteiger partial charge in [0, 0.05) is 18.5 Å². The zero-order valence-electron chi connectivity index (χ0n) is 10.4. The molecule has 3 heteroatoms. The molecule has 1 aliphatic carbocycles. The molecule has 0 saturated heterocycles. The number of hydrogen-bond donors (Lipinski definition) is 2. The fourth-order valence-corrected chi connectivity index (χ4v) is 1.62. The van der Waals surface area contributed by atoms with E-state index in [0.717, 1.165) is 19.4 Å². The molecule has 0 spiro atoms. The van der Waals surface area contributed by atoms with Crippen molar-refractivity contribution in [3.05, 3.63) is 0 Å². The monoisotopic (exact) mass is 212 g/mol. The van der Waals surface area contributed by atoms with Crippen molar-refractivity contribution in [2.45, 2.75) is 59.0 Å². The predicted octanol–water partition coefficient (Wildman–Crippen LogP) is 1.68. The molecule has 88 valence electrons. The van der Waals surface area contributed by atoms with Crippen LogP contribution in [0.25, 0.3) is 0 Å². The molecule has 0 radical (unpaired) electrons. The van der Waals surface area contributed by atoms with E-state index >= 15 is 0 Å². The number of nitrogens with one attached hydrogen (secondary N) is 2. The van der Waals surface area contributed by atoms with Gasteiger partial charge in [0.2, 0.25) is 5.91 Å². The summed E-state index contributed by atoms with van der Waals surface area (Å²) in [5.74, 6) is 0.205. The van der Waals surface area contributed by atoms with Crippen molar-refractivity contribution in [3.8, 4) is 0 Å². The van der Waals surface area contributed by atoms with Gasteiger partial charge >= 0.3 is 0 Å². The summed E-state index contributed by atoms with van der Waals surface area (Å²) < 4.78 is 0. The molecular formula is C12H24N2O. The van der Waals surface area contributed by atoms with Gasteiger partial charge in [-0.25, -0.2) is 0 Å². The van der Waals surface area contributed by atoms with Gasteiger partial charge in [0.15, 0.2) is 0 Å². The third-order valence-electron chi connectivity index (χ3n) is 2.98. The molecule has 1 amide bonds. The van der Waals surface area contributed by atoms with Crippen LogP contribution < -0.4 is 10.6 Å². The van der Waals surface area contributed by atoms with E-state index in [9.17, 15) is 4.79 Å². The summed E-state index contributed by atoms with van der Waals surface area (Å²) in [7, 11) is 0. The first-order valence-electron chi connectivity index (χ1n) is 5.94. The highest BCUT2D eigenvalue weighted by molar-refractivity contribution is 5.76. The Morgan fingerprint density at radius 3 is 2.53 bits per heavy atom. The van der Waals surface area contributed by atoms with Crippen molar-refractivity contribution >= 4 is 5.91 Å². The standard InChI is InChI=1S/C12H24N2O/c1-9(2)13-7-5-6-11(15)14-10-8-12(10,3)4/h9-10,13H,5-8H2,1-4H3,(H,14,15). The van der Waals surface area contributed by atoms with Gasteiger partial charge in [0.1, 0.15) is 0 Å². The summed E-state index contributed by atoms with van der Waals surface area (Å²) in [6, 6.07) is 0.929. The van der Waals surface area contributed by atoms with Crippen LogP contribution in [0.1, 0.15) is 47.0 Å². The fourth-order valence-electron chi connectivity index (χ4n) is 1.62. The van der Waals surface area contributed by atoms with E-state index < -0.39 is 0 Å². The van der Waals surface area contributed by atoms with E-state index in [1.54, 1.807) is 0 Å². The highest BCUT2D eigenvalue weighted by Crippen LogP contribution is 2.44. The van der Waals surface area contributed by atoms with Crippen LogP contribution >= 0.6 is 0 Å². The smallest absolute Gasteiger partial charge is 0.220 e. The molecule has 1 saturated carbocycles. The lowest BCUT2D eigenvalue weighted by Gasteiger charge is -2.09. The average Bonchev–Trinajstić information content (AvgIpc) is 2.67. The number of rotatable bonds is 6. The highest BCUT2D eigenvalue weighted by Gasteiger charge is 2.46. The van der Waals surface area contributed by atoms with Gasteiger partial charge < -0.3 is 10.6 Å². The molecule has 2 N–H and O–H groups in total. The SMILES string of the molecule is CC(C)NCCCC(=O)NC1CC1(C)C. The van der Waals surface area contributed by atoms with Crippen LogP contribution in [0.4, 0.5) is 0 Å².